The lowest BCUT2D eigenvalue weighted by molar-refractivity contribution is 0.201. The molecule has 1 aromatic carbocycles. The first-order chi connectivity index (χ1) is 11.8. The monoisotopic (exact) mass is 324 g/mol. The molecule has 2 aliphatic rings. The number of fused-ring (bicyclic) bond motifs is 1. The quantitative estimate of drug-likeness (QED) is 0.830. The summed E-state index contributed by atoms with van der Waals surface area (Å²) < 4.78 is 11.8. The van der Waals surface area contributed by atoms with Gasteiger partial charge in [-0.05, 0) is 61.9 Å². The van der Waals surface area contributed by atoms with E-state index < -0.39 is 0 Å². The molecule has 1 atom stereocenters. The van der Waals surface area contributed by atoms with Crippen molar-refractivity contribution in [1.82, 2.24) is 4.98 Å². The summed E-state index contributed by atoms with van der Waals surface area (Å²) >= 11 is 0. The lowest BCUT2D eigenvalue weighted by Gasteiger charge is -2.26. The Balaban J connectivity index is 1.62. The van der Waals surface area contributed by atoms with Crippen LogP contribution in [-0.4, -0.2) is 18.2 Å². The van der Waals surface area contributed by atoms with Crippen molar-refractivity contribution >= 4 is 5.69 Å². The van der Waals surface area contributed by atoms with Gasteiger partial charge in [-0.25, -0.2) is 0 Å². The van der Waals surface area contributed by atoms with E-state index in [1.807, 2.05) is 18.5 Å². The van der Waals surface area contributed by atoms with Gasteiger partial charge in [-0.3, -0.25) is 4.98 Å². The summed E-state index contributed by atoms with van der Waals surface area (Å²) in [7, 11) is 1.70. The van der Waals surface area contributed by atoms with Crippen LogP contribution in [0.25, 0.3) is 0 Å². The molecule has 0 spiro atoms. The van der Waals surface area contributed by atoms with Gasteiger partial charge in [-0.15, -0.1) is 0 Å². The zero-order valence-electron chi connectivity index (χ0n) is 14.4. The number of rotatable bonds is 4. The number of hydrogen-bond donors (Lipinski definition) is 0. The van der Waals surface area contributed by atoms with E-state index in [2.05, 4.69) is 35.0 Å². The first kappa shape index (κ1) is 15.3. The van der Waals surface area contributed by atoms with Gasteiger partial charge in [0.2, 0.25) is 0 Å². The Kier molecular flexibility index (Phi) is 4.05. The summed E-state index contributed by atoms with van der Waals surface area (Å²) in [6.07, 6.45) is 8.99. The van der Waals surface area contributed by atoms with Gasteiger partial charge in [0, 0.05) is 30.7 Å². The molecule has 0 saturated heterocycles. The van der Waals surface area contributed by atoms with Crippen molar-refractivity contribution in [2.75, 3.05) is 12.0 Å². The van der Waals surface area contributed by atoms with Gasteiger partial charge in [0.15, 0.2) is 11.5 Å². The molecular weight excluding hydrogens is 300 g/mol. The van der Waals surface area contributed by atoms with Crippen molar-refractivity contribution in [3.05, 3.63) is 47.8 Å². The van der Waals surface area contributed by atoms with Gasteiger partial charge in [-0.1, -0.05) is 0 Å². The number of ether oxygens (including phenoxy) is 2. The van der Waals surface area contributed by atoms with E-state index in [9.17, 15) is 0 Å². The fourth-order valence-corrected chi connectivity index (χ4v) is 3.90. The highest BCUT2D eigenvalue weighted by Gasteiger charge is 2.28. The Hall–Kier alpha value is -2.23. The first-order valence-electron chi connectivity index (χ1n) is 8.80. The summed E-state index contributed by atoms with van der Waals surface area (Å²) in [6, 6.07) is 8.74. The van der Waals surface area contributed by atoms with Gasteiger partial charge in [-0.2, -0.15) is 0 Å². The molecule has 0 N–H and O–H groups in total. The third kappa shape index (κ3) is 2.70. The summed E-state index contributed by atoms with van der Waals surface area (Å²) in [5.74, 6) is 1.68. The topological polar surface area (TPSA) is 34.6 Å². The van der Waals surface area contributed by atoms with Crippen molar-refractivity contribution in [1.29, 1.82) is 0 Å². The highest BCUT2D eigenvalue weighted by Crippen LogP contribution is 2.41. The van der Waals surface area contributed by atoms with E-state index in [-0.39, 0.29) is 0 Å². The van der Waals surface area contributed by atoms with Gasteiger partial charge in [0.25, 0.3) is 0 Å². The predicted molar refractivity (Wildman–Crippen MR) is 94.7 cm³/mol. The number of methoxy groups -OCH3 is 1. The number of benzene rings is 1. The van der Waals surface area contributed by atoms with E-state index in [4.69, 9.17) is 9.47 Å². The van der Waals surface area contributed by atoms with Crippen molar-refractivity contribution < 1.29 is 9.47 Å². The molecule has 1 aromatic heterocycles. The van der Waals surface area contributed by atoms with Crippen molar-refractivity contribution in [2.45, 2.75) is 51.3 Å². The maximum absolute atomic E-state index is 6.25. The standard InChI is InChI=1S/C20H24N2O2/c1-14-18-9-10-21-12-15(18)13-22(14)16-7-8-19(23-2)20(11-16)24-17-5-3-4-6-17/h7-12,14,17H,3-6,13H2,1-2H3. The minimum Gasteiger partial charge on any atom is -0.493 e. The maximum Gasteiger partial charge on any atom is 0.163 e. The molecule has 126 valence electrons. The predicted octanol–water partition coefficient (Wildman–Crippen LogP) is 4.49. The molecule has 4 nitrogen and oxygen atoms in total. The largest absolute Gasteiger partial charge is 0.493 e. The second kappa shape index (κ2) is 6.34. The lowest BCUT2D eigenvalue weighted by Crippen LogP contribution is -2.19. The van der Waals surface area contributed by atoms with Crippen molar-refractivity contribution in [3.8, 4) is 11.5 Å². The van der Waals surface area contributed by atoms with Crippen LogP contribution in [0.3, 0.4) is 0 Å². The summed E-state index contributed by atoms with van der Waals surface area (Å²) in [5, 5.41) is 0. The average molecular weight is 324 g/mol. The second-order valence-corrected chi connectivity index (χ2v) is 6.74. The molecule has 0 radical (unpaired) electrons. The molecule has 24 heavy (non-hydrogen) atoms. The SMILES string of the molecule is COc1ccc(N2Cc3cnccc3C2C)cc1OC1CCCC1. The Morgan fingerprint density at radius 3 is 2.71 bits per heavy atom. The third-order valence-corrected chi connectivity index (χ3v) is 5.27. The van der Waals surface area contributed by atoms with Crippen LogP contribution in [0.2, 0.25) is 0 Å². The molecular formula is C20H24N2O2. The highest BCUT2D eigenvalue weighted by atomic mass is 16.5. The number of nitrogens with zero attached hydrogens (tertiary/aromatic N) is 2. The minimum absolute atomic E-state index is 0.326. The summed E-state index contributed by atoms with van der Waals surface area (Å²) in [6.45, 7) is 3.13. The van der Waals surface area contributed by atoms with Crippen molar-refractivity contribution in [2.24, 2.45) is 0 Å². The summed E-state index contributed by atoms with van der Waals surface area (Å²) in [4.78, 5) is 6.66. The van der Waals surface area contributed by atoms with E-state index in [1.54, 1.807) is 7.11 Å². The Labute approximate surface area is 143 Å². The Morgan fingerprint density at radius 1 is 1.12 bits per heavy atom. The minimum atomic E-state index is 0.326. The zero-order chi connectivity index (χ0) is 16.5. The van der Waals surface area contributed by atoms with Crippen LogP contribution in [0, 0.1) is 0 Å². The van der Waals surface area contributed by atoms with Gasteiger partial charge >= 0.3 is 0 Å². The third-order valence-electron chi connectivity index (χ3n) is 5.27. The molecule has 0 bridgehead atoms. The number of anilines is 1. The molecule has 1 unspecified atom stereocenters. The maximum atomic E-state index is 6.25. The van der Waals surface area contributed by atoms with Crippen LogP contribution >= 0.6 is 0 Å². The smallest absolute Gasteiger partial charge is 0.163 e. The molecule has 1 aliphatic heterocycles. The van der Waals surface area contributed by atoms with E-state index in [0.717, 1.165) is 30.9 Å². The lowest BCUT2D eigenvalue weighted by atomic mass is 10.1. The van der Waals surface area contributed by atoms with Crippen molar-refractivity contribution in [3.63, 3.8) is 0 Å². The molecule has 1 fully saturated rings. The fourth-order valence-electron chi connectivity index (χ4n) is 3.90. The number of pyridine rings is 1. The molecule has 2 heterocycles. The van der Waals surface area contributed by atoms with Crippen LogP contribution in [-0.2, 0) is 6.54 Å². The molecule has 1 aliphatic carbocycles. The molecule has 4 rings (SSSR count). The summed E-state index contributed by atoms with van der Waals surface area (Å²) in [5.41, 5.74) is 3.84. The normalized spacial score (nSPS) is 20.2. The fraction of sp³-hybridized carbons (Fsp3) is 0.450. The average Bonchev–Trinajstić information content (AvgIpc) is 3.23. The van der Waals surface area contributed by atoms with Crippen LogP contribution in [0.1, 0.15) is 49.8 Å². The van der Waals surface area contributed by atoms with E-state index in [1.165, 1.54) is 29.7 Å². The number of aromatic nitrogens is 1. The highest BCUT2D eigenvalue weighted by molar-refractivity contribution is 5.60. The Bertz CT molecular complexity index is 725. The first-order valence-corrected chi connectivity index (χ1v) is 8.80. The van der Waals surface area contributed by atoms with Crippen LogP contribution in [0.4, 0.5) is 5.69 Å². The van der Waals surface area contributed by atoms with Crippen LogP contribution in [0.5, 0.6) is 11.5 Å². The molecule has 1 saturated carbocycles. The van der Waals surface area contributed by atoms with Gasteiger partial charge in [0.05, 0.1) is 19.3 Å². The Morgan fingerprint density at radius 2 is 1.96 bits per heavy atom. The molecule has 0 amide bonds. The molecule has 2 aromatic rings. The van der Waals surface area contributed by atoms with Gasteiger partial charge < -0.3 is 14.4 Å². The van der Waals surface area contributed by atoms with Gasteiger partial charge in [0.1, 0.15) is 0 Å². The van der Waals surface area contributed by atoms with E-state index >= 15 is 0 Å². The van der Waals surface area contributed by atoms with E-state index in [0.29, 0.717) is 12.1 Å². The second-order valence-electron chi connectivity index (χ2n) is 6.74. The zero-order valence-corrected chi connectivity index (χ0v) is 14.4. The van der Waals surface area contributed by atoms with Crippen LogP contribution in [0.15, 0.2) is 36.7 Å². The molecule has 4 heteroatoms. The number of hydrogen-bond acceptors (Lipinski definition) is 4. The van der Waals surface area contributed by atoms with Crippen LogP contribution < -0.4 is 14.4 Å².